The lowest BCUT2D eigenvalue weighted by molar-refractivity contribution is -0.302. The number of aliphatic carboxylic acids is 1. The van der Waals surface area contributed by atoms with E-state index in [2.05, 4.69) is 20.9 Å². The third-order valence-corrected chi connectivity index (χ3v) is 4.85. The summed E-state index contributed by atoms with van der Waals surface area (Å²) in [5.41, 5.74) is 18.2. The summed E-state index contributed by atoms with van der Waals surface area (Å²) in [5.74, 6) is -1.66. The third-order valence-electron chi connectivity index (χ3n) is 4.85. The first kappa shape index (κ1) is 31.2. The number of carboxylic acids is 1. The predicted octanol–water partition coefficient (Wildman–Crippen LogP) is -1.29. The van der Waals surface area contributed by atoms with E-state index in [0.29, 0.717) is 31.5 Å². The van der Waals surface area contributed by atoms with Gasteiger partial charge in [0.1, 0.15) is 11.8 Å². The lowest BCUT2D eigenvalue weighted by Crippen LogP contribution is -2.47. The monoisotopic (exact) mass is 528 g/mol. The van der Waals surface area contributed by atoms with Crippen molar-refractivity contribution < 1.29 is 29.4 Å². The molecule has 13 heteroatoms. The van der Waals surface area contributed by atoms with Crippen molar-refractivity contribution in [2.75, 3.05) is 6.54 Å². The van der Waals surface area contributed by atoms with Gasteiger partial charge in [-0.25, -0.2) is 4.79 Å². The maximum absolute atomic E-state index is 12.8. The maximum Gasteiger partial charge on any atom is 0.312 e. The molecule has 0 aliphatic carbocycles. The number of guanidine groups is 1. The number of urea groups is 1. The molecule has 2 rings (SSSR count). The fourth-order valence-electron chi connectivity index (χ4n) is 3.09. The maximum atomic E-state index is 12.8. The van der Waals surface area contributed by atoms with E-state index < -0.39 is 18.0 Å². The van der Waals surface area contributed by atoms with Gasteiger partial charge in [-0.05, 0) is 48.6 Å². The standard InChI is InChI=1S/C23H31N7O4.C2H4O2/c24-22(25)27-11-1-2-19(30-20(32)12-15-7-9-18(31)10-8-15)21(33)28-13-16-3-5-17(6-4-16)14-29-23(26)34;1-2(3)4/h3-10,19,31H,1-2,11-14H2,(H,28,33)(H,30,32)(H4,24,25,27)(H3,26,29,34);1H3,(H,3,4)/p-1/t19-;/m1./s1. The Morgan fingerprint density at radius 1 is 0.895 bits per heavy atom. The van der Waals surface area contributed by atoms with Gasteiger partial charge in [-0.2, -0.15) is 0 Å². The highest BCUT2D eigenvalue weighted by molar-refractivity contribution is 5.88. The summed E-state index contributed by atoms with van der Waals surface area (Å²) in [6.45, 7) is 1.88. The van der Waals surface area contributed by atoms with Gasteiger partial charge in [0.15, 0.2) is 5.96 Å². The molecule has 0 saturated heterocycles. The highest BCUT2D eigenvalue weighted by Gasteiger charge is 2.20. The van der Waals surface area contributed by atoms with Gasteiger partial charge in [0, 0.05) is 25.6 Å². The van der Waals surface area contributed by atoms with Crippen molar-refractivity contribution in [2.45, 2.75) is 45.3 Å². The van der Waals surface area contributed by atoms with Gasteiger partial charge >= 0.3 is 6.03 Å². The zero-order valence-corrected chi connectivity index (χ0v) is 21.1. The zero-order valence-electron chi connectivity index (χ0n) is 21.1. The molecule has 0 spiro atoms. The van der Waals surface area contributed by atoms with Crippen LogP contribution in [0.5, 0.6) is 5.75 Å². The van der Waals surface area contributed by atoms with Gasteiger partial charge in [0.05, 0.1) is 6.42 Å². The van der Waals surface area contributed by atoms with Crippen molar-refractivity contribution >= 4 is 29.8 Å². The van der Waals surface area contributed by atoms with E-state index in [1.54, 1.807) is 12.1 Å². The second kappa shape index (κ2) is 16.8. The van der Waals surface area contributed by atoms with Crippen LogP contribution in [0.4, 0.5) is 4.79 Å². The topological polar surface area (TPSA) is 238 Å². The van der Waals surface area contributed by atoms with Crippen molar-refractivity contribution in [3.05, 3.63) is 65.2 Å². The largest absolute Gasteiger partial charge is 0.550 e. The molecule has 206 valence electrons. The van der Waals surface area contributed by atoms with E-state index in [-0.39, 0.29) is 36.5 Å². The first-order chi connectivity index (χ1) is 18.0. The molecule has 0 saturated carbocycles. The highest BCUT2D eigenvalue weighted by Crippen LogP contribution is 2.10. The molecule has 4 amide bonds. The van der Waals surface area contributed by atoms with Crippen LogP contribution in [0.1, 0.15) is 36.5 Å². The second-order valence-electron chi connectivity index (χ2n) is 8.16. The van der Waals surface area contributed by atoms with E-state index >= 15 is 0 Å². The fraction of sp³-hybridized carbons (Fsp3) is 0.320. The fourth-order valence-corrected chi connectivity index (χ4v) is 3.09. The van der Waals surface area contributed by atoms with Crippen LogP contribution in [0.3, 0.4) is 0 Å². The number of aromatic hydroxyl groups is 1. The normalized spacial score (nSPS) is 10.7. The minimum Gasteiger partial charge on any atom is -0.550 e. The smallest absolute Gasteiger partial charge is 0.312 e. The molecular formula is C25H34N7O6-. The molecule has 0 aliphatic heterocycles. The first-order valence-corrected chi connectivity index (χ1v) is 11.6. The summed E-state index contributed by atoms with van der Waals surface area (Å²) in [4.78, 5) is 48.9. The van der Waals surface area contributed by atoms with Crippen LogP contribution < -0.4 is 38.3 Å². The Kier molecular flexibility index (Phi) is 13.8. The van der Waals surface area contributed by atoms with Crippen LogP contribution in [-0.4, -0.2) is 47.5 Å². The molecule has 0 heterocycles. The highest BCUT2D eigenvalue weighted by atomic mass is 16.4. The number of nitrogens with zero attached hydrogens (tertiary/aromatic N) is 1. The third kappa shape index (κ3) is 14.6. The number of rotatable bonds is 12. The van der Waals surface area contributed by atoms with Gasteiger partial charge < -0.3 is 48.2 Å². The van der Waals surface area contributed by atoms with Crippen molar-refractivity contribution in [2.24, 2.45) is 22.2 Å². The number of nitrogens with two attached hydrogens (primary N) is 3. The first-order valence-electron chi connectivity index (χ1n) is 11.6. The Labute approximate surface area is 220 Å². The summed E-state index contributed by atoms with van der Waals surface area (Å²) < 4.78 is 0. The van der Waals surface area contributed by atoms with Crippen LogP contribution in [0.2, 0.25) is 0 Å². The van der Waals surface area contributed by atoms with E-state index in [4.69, 9.17) is 27.1 Å². The minimum absolute atomic E-state index is 0.0353. The molecule has 38 heavy (non-hydrogen) atoms. The number of primary amides is 1. The number of phenols is 1. The molecule has 2 aromatic rings. The number of hydrogen-bond acceptors (Lipinski definition) is 7. The molecule has 0 bridgehead atoms. The molecule has 0 aromatic heterocycles. The van der Waals surface area contributed by atoms with E-state index in [9.17, 15) is 19.5 Å². The van der Waals surface area contributed by atoms with Crippen molar-refractivity contribution in [3.8, 4) is 5.75 Å². The van der Waals surface area contributed by atoms with Crippen LogP contribution in [0.15, 0.2) is 53.5 Å². The lowest BCUT2D eigenvalue weighted by atomic mass is 10.1. The Morgan fingerprint density at radius 2 is 1.39 bits per heavy atom. The number of aliphatic imine (C=N–C) groups is 1. The number of benzene rings is 2. The van der Waals surface area contributed by atoms with Crippen molar-refractivity contribution in [1.29, 1.82) is 0 Å². The van der Waals surface area contributed by atoms with Crippen molar-refractivity contribution in [3.63, 3.8) is 0 Å². The average Bonchev–Trinajstić information content (AvgIpc) is 2.84. The Bertz CT molecular complexity index is 1080. The molecule has 0 radical (unpaired) electrons. The van der Waals surface area contributed by atoms with Crippen LogP contribution in [0.25, 0.3) is 0 Å². The van der Waals surface area contributed by atoms with Gasteiger partial charge in [-0.1, -0.05) is 36.4 Å². The van der Waals surface area contributed by atoms with Gasteiger partial charge in [0.25, 0.3) is 0 Å². The molecule has 10 N–H and O–H groups in total. The number of phenolic OH excluding ortho intramolecular Hbond substituents is 1. The van der Waals surface area contributed by atoms with E-state index in [0.717, 1.165) is 18.1 Å². The summed E-state index contributed by atoms with van der Waals surface area (Å²) in [7, 11) is 0. The Morgan fingerprint density at radius 3 is 1.89 bits per heavy atom. The molecule has 0 unspecified atom stereocenters. The summed E-state index contributed by atoms with van der Waals surface area (Å²) in [6, 6.07) is 12.2. The number of nitrogens with one attached hydrogen (secondary N) is 3. The van der Waals surface area contributed by atoms with Gasteiger partial charge in [-0.15, -0.1) is 0 Å². The van der Waals surface area contributed by atoms with Crippen LogP contribution in [-0.2, 0) is 33.9 Å². The predicted molar refractivity (Wildman–Crippen MR) is 139 cm³/mol. The summed E-state index contributed by atoms with van der Waals surface area (Å²) in [6.07, 6.45) is 0.914. The summed E-state index contributed by atoms with van der Waals surface area (Å²) >= 11 is 0. The van der Waals surface area contributed by atoms with Crippen molar-refractivity contribution in [1.82, 2.24) is 16.0 Å². The Balaban J connectivity index is 0.00000168. The molecular weight excluding hydrogens is 494 g/mol. The number of hydrogen-bond donors (Lipinski definition) is 7. The molecule has 13 nitrogen and oxygen atoms in total. The van der Waals surface area contributed by atoms with Gasteiger partial charge in [-0.3, -0.25) is 14.6 Å². The van der Waals surface area contributed by atoms with Gasteiger partial charge in [0.2, 0.25) is 11.8 Å². The van der Waals surface area contributed by atoms with E-state index in [1.807, 2.05) is 24.3 Å². The van der Waals surface area contributed by atoms with E-state index in [1.165, 1.54) is 12.1 Å². The molecule has 0 fully saturated rings. The lowest BCUT2D eigenvalue weighted by Gasteiger charge is -2.18. The second-order valence-corrected chi connectivity index (χ2v) is 8.16. The number of carboxylic acid groups (broad SMARTS) is 1. The zero-order chi connectivity index (χ0) is 28.5. The Hall–Kier alpha value is -4.81. The minimum atomic E-state index is -1.08. The quantitative estimate of drug-likeness (QED) is 0.0991. The molecule has 0 aliphatic rings. The number of carbonyl (C=O) groups excluding carboxylic acids is 4. The molecule has 2 aromatic carbocycles. The summed E-state index contributed by atoms with van der Waals surface area (Å²) in [5, 5.41) is 26.4. The number of amides is 4. The average molecular weight is 529 g/mol. The SMILES string of the molecule is CC(=O)[O-].NC(=O)NCc1ccc(CNC(=O)[C@@H](CCCN=C(N)N)NC(=O)Cc2ccc(O)cc2)cc1. The number of carbonyl (C=O) groups is 4. The van der Waals surface area contributed by atoms with Crippen LogP contribution in [0, 0.1) is 0 Å². The molecule has 1 atom stereocenters. The van der Waals surface area contributed by atoms with Crippen LogP contribution >= 0.6 is 0 Å².